The highest BCUT2D eigenvalue weighted by Crippen LogP contribution is 2.15. The Labute approximate surface area is 90.0 Å². The van der Waals surface area contributed by atoms with Gasteiger partial charge in [-0.2, -0.15) is 5.26 Å². The van der Waals surface area contributed by atoms with E-state index in [9.17, 15) is 0 Å². The Morgan fingerprint density at radius 2 is 2.40 bits per heavy atom. The molecule has 0 amide bonds. The number of allylic oxidation sites excluding steroid dienone is 1. The van der Waals surface area contributed by atoms with Crippen LogP contribution in [0.2, 0.25) is 0 Å². The van der Waals surface area contributed by atoms with Crippen LogP contribution in [0.25, 0.3) is 6.08 Å². The van der Waals surface area contributed by atoms with Gasteiger partial charge in [0.1, 0.15) is 5.75 Å². The Bertz CT molecular complexity index is 391. The van der Waals surface area contributed by atoms with Gasteiger partial charge in [0.05, 0.1) is 19.4 Å². The second-order valence-corrected chi connectivity index (χ2v) is 3.19. The topological polar surface area (TPSA) is 45.9 Å². The van der Waals surface area contributed by atoms with Crippen LogP contribution in [0.5, 0.6) is 5.75 Å². The maximum Gasteiger partial charge on any atom is 0.137 e. The molecule has 0 unspecified atom stereocenters. The lowest BCUT2D eigenvalue weighted by molar-refractivity contribution is 0.413. The van der Waals surface area contributed by atoms with Crippen LogP contribution in [0.1, 0.15) is 25.3 Å². The molecule has 0 saturated heterocycles. The molecule has 0 aliphatic heterocycles. The van der Waals surface area contributed by atoms with Crippen molar-refractivity contribution in [2.45, 2.75) is 19.8 Å². The molecule has 1 heterocycles. The molecule has 0 atom stereocenters. The fourth-order valence-electron chi connectivity index (χ4n) is 1.26. The van der Waals surface area contributed by atoms with E-state index >= 15 is 0 Å². The minimum Gasteiger partial charge on any atom is -0.495 e. The first kappa shape index (κ1) is 11.3. The smallest absolute Gasteiger partial charge is 0.137 e. The summed E-state index contributed by atoms with van der Waals surface area (Å²) in [7, 11) is 1.60. The fraction of sp³-hybridized carbons (Fsp3) is 0.333. The van der Waals surface area contributed by atoms with E-state index in [0.29, 0.717) is 5.75 Å². The molecular formula is C12H14N2O. The Morgan fingerprint density at radius 3 is 3.00 bits per heavy atom. The summed E-state index contributed by atoms with van der Waals surface area (Å²) in [5, 5.41) is 8.88. The Kier molecular flexibility index (Phi) is 4.36. The van der Waals surface area contributed by atoms with Crippen molar-refractivity contribution in [2.24, 2.45) is 0 Å². The summed E-state index contributed by atoms with van der Waals surface area (Å²) in [6, 6.07) is 4.04. The van der Waals surface area contributed by atoms with Gasteiger partial charge in [0.2, 0.25) is 0 Å². The Hall–Kier alpha value is -1.82. The predicted molar refractivity (Wildman–Crippen MR) is 59.3 cm³/mol. The van der Waals surface area contributed by atoms with Crippen molar-refractivity contribution in [1.29, 1.82) is 5.26 Å². The number of aromatic nitrogens is 1. The van der Waals surface area contributed by atoms with E-state index in [1.54, 1.807) is 19.5 Å². The van der Waals surface area contributed by atoms with Crippen LogP contribution >= 0.6 is 0 Å². The lowest BCUT2D eigenvalue weighted by Gasteiger charge is -2.00. The molecule has 0 N–H and O–H groups in total. The van der Waals surface area contributed by atoms with E-state index < -0.39 is 0 Å². The van der Waals surface area contributed by atoms with Gasteiger partial charge in [0.25, 0.3) is 0 Å². The third kappa shape index (κ3) is 3.43. The lowest BCUT2D eigenvalue weighted by Crippen LogP contribution is -1.86. The maximum absolute atomic E-state index is 8.88. The third-order valence-electron chi connectivity index (χ3n) is 1.97. The van der Waals surface area contributed by atoms with Crippen molar-refractivity contribution in [3.63, 3.8) is 0 Å². The molecule has 0 bridgehead atoms. The zero-order valence-corrected chi connectivity index (χ0v) is 9.03. The van der Waals surface area contributed by atoms with E-state index in [0.717, 1.165) is 24.0 Å². The molecule has 0 aliphatic rings. The second-order valence-electron chi connectivity index (χ2n) is 3.19. The molecule has 3 heteroatoms. The van der Waals surface area contributed by atoms with Crippen LogP contribution in [0.4, 0.5) is 0 Å². The van der Waals surface area contributed by atoms with Crippen molar-refractivity contribution in [2.75, 3.05) is 7.11 Å². The van der Waals surface area contributed by atoms with Gasteiger partial charge in [0.15, 0.2) is 0 Å². The first-order valence-corrected chi connectivity index (χ1v) is 4.90. The molecule has 1 aromatic heterocycles. The van der Waals surface area contributed by atoms with E-state index in [-0.39, 0.29) is 0 Å². The molecular weight excluding hydrogens is 188 g/mol. The van der Waals surface area contributed by atoms with Gasteiger partial charge >= 0.3 is 0 Å². The minimum atomic E-state index is 0.706. The largest absolute Gasteiger partial charge is 0.495 e. The fourth-order valence-corrected chi connectivity index (χ4v) is 1.26. The number of pyridine rings is 1. The van der Waals surface area contributed by atoms with Gasteiger partial charge in [-0.1, -0.05) is 13.3 Å². The van der Waals surface area contributed by atoms with Crippen LogP contribution < -0.4 is 4.74 Å². The van der Waals surface area contributed by atoms with Crippen LogP contribution in [0.3, 0.4) is 0 Å². The Balaban J connectivity index is 2.91. The van der Waals surface area contributed by atoms with Crippen molar-refractivity contribution >= 4 is 6.08 Å². The first-order chi connectivity index (χ1) is 7.30. The second kappa shape index (κ2) is 5.82. The van der Waals surface area contributed by atoms with Crippen molar-refractivity contribution in [3.05, 3.63) is 29.6 Å². The quantitative estimate of drug-likeness (QED) is 0.705. The summed E-state index contributed by atoms with van der Waals surface area (Å²) < 4.78 is 5.06. The average molecular weight is 202 g/mol. The van der Waals surface area contributed by atoms with Crippen LogP contribution in [-0.4, -0.2) is 12.1 Å². The van der Waals surface area contributed by atoms with Gasteiger partial charge in [-0.05, 0) is 24.1 Å². The number of hydrogen-bond acceptors (Lipinski definition) is 3. The summed E-state index contributed by atoms with van der Waals surface area (Å²) >= 11 is 0. The van der Waals surface area contributed by atoms with E-state index in [1.807, 2.05) is 12.1 Å². The van der Waals surface area contributed by atoms with E-state index in [1.165, 1.54) is 0 Å². The highest BCUT2D eigenvalue weighted by Gasteiger charge is 1.97. The summed E-state index contributed by atoms with van der Waals surface area (Å²) in [5.41, 5.74) is 1.67. The molecule has 0 aromatic carbocycles. The predicted octanol–water partition coefficient (Wildman–Crippen LogP) is 2.80. The molecule has 0 aliphatic carbocycles. The summed E-state index contributed by atoms with van der Waals surface area (Å²) in [4.78, 5) is 4.02. The van der Waals surface area contributed by atoms with Gasteiger partial charge in [0, 0.05) is 11.8 Å². The molecule has 0 saturated carbocycles. The molecule has 0 radical (unpaired) electrons. The molecule has 3 nitrogen and oxygen atoms in total. The number of hydrogen-bond donors (Lipinski definition) is 0. The number of methoxy groups -OCH3 is 1. The molecule has 78 valence electrons. The van der Waals surface area contributed by atoms with Gasteiger partial charge < -0.3 is 4.74 Å². The minimum absolute atomic E-state index is 0.706. The number of rotatable bonds is 4. The standard InChI is InChI=1S/C12H14N2O/c1-3-4-10(7-13)5-11-6-12(15-2)9-14-8-11/h5-6,8-9H,3-4H2,1-2H3/b10-5-. The summed E-state index contributed by atoms with van der Waals surface area (Å²) in [6.45, 7) is 2.05. The van der Waals surface area contributed by atoms with Crippen molar-refractivity contribution in [1.82, 2.24) is 4.98 Å². The van der Waals surface area contributed by atoms with Gasteiger partial charge in [-0.15, -0.1) is 0 Å². The van der Waals surface area contributed by atoms with Crippen molar-refractivity contribution in [3.8, 4) is 11.8 Å². The van der Waals surface area contributed by atoms with E-state index in [4.69, 9.17) is 10.00 Å². The summed E-state index contributed by atoms with van der Waals surface area (Å²) in [5.74, 6) is 0.706. The maximum atomic E-state index is 8.88. The summed E-state index contributed by atoms with van der Waals surface area (Å²) in [6.07, 6.45) is 6.97. The van der Waals surface area contributed by atoms with E-state index in [2.05, 4.69) is 18.0 Å². The zero-order chi connectivity index (χ0) is 11.1. The first-order valence-electron chi connectivity index (χ1n) is 4.90. The molecule has 15 heavy (non-hydrogen) atoms. The third-order valence-corrected chi connectivity index (χ3v) is 1.97. The number of ether oxygens (including phenoxy) is 1. The molecule has 0 fully saturated rings. The van der Waals surface area contributed by atoms with Crippen LogP contribution in [0, 0.1) is 11.3 Å². The number of nitrogens with zero attached hydrogens (tertiary/aromatic N) is 2. The van der Waals surface area contributed by atoms with Gasteiger partial charge in [-0.25, -0.2) is 0 Å². The monoisotopic (exact) mass is 202 g/mol. The highest BCUT2D eigenvalue weighted by atomic mass is 16.5. The van der Waals surface area contributed by atoms with Crippen LogP contribution in [-0.2, 0) is 0 Å². The SMILES string of the molecule is CCC/C(C#N)=C/c1cncc(OC)c1. The molecule has 1 rings (SSSR count). The number of nitriles is 1. The lowest BCUT2D eigenvalue weighted by atomic mass is 10.1. The Morgan fingerprint density at radius 1 is 1.60 bits per heavy atom. The van der Waals surface area contributed by atoms with Crippen molar-refractivity contribution < 1.29 is 4.74 Å². The van der Waals surface area contributed by atoms with Gasteiger partial charge in [-0.3, -0.25) is 4.98 Å². The molecule has 1 aromatic rings. The normalized spacial score (nSPS) is 10.9. The zero-order valence-electron chi connectivity index (χ0n) is 9.03. The molecule has 0 spiro atoms. The highest BCUT2D eigenvalue weighted by molar-refractivity contribution is 5.57. The van der Waals surface area contributed by atoms with Crippen LogP contribution in [0.15, 0.2) is 24.0 Å². The average Bonchev–Trinajstić information content (AvgIpc) is 2.29.